The number of hydrogen-bond donors (Lipinski definition) is 1. The average Bonchev–Trinajstić information content (AvgIpc) is 2.74. The molecule has 0 bridgehead atoms. The minimum absolute atomic E-state index is 0.171. The summed E-state index contributed by atoms with van der Waals surface area (Å²) in [7, 11) is 0. The molecule has 2 aromatic rings. The van der Waals surface area contributed by atoms with Crippen molar-refractivity contribution in [2.24, 2.45) is 0 Å². The Labute approximate surface area is 118 Å². The van der Waals surface area contributed by atoms with E-state index in [4.69, 9.17) is 11.6 Å². The minimum atomic E-state index is -0.171. The third kappa shape index (κ3) is 2.36. The molecule has 2 heterocycles. The van der Waals surface area contributed by atoms with Gasteiger partial charge in [0.25, 0.3) is 5.91 Å². The Bertz CT molecular complexity index is 678. The van der Waals surface area contributed by atoms with Crippen molar-refractivity contribution in [3.05, 3.63) is 45.6 Å². The van der Waals surface area contributed by atoms with Crippen molar-refractivity contribution in [1.29, 1.82) is 0 Å². The number of nitrogens with one attached hydrogen (secondary N) is 1. The molecule has 0 saturated heterocycles. The molecule has 96 valence electrons. The second-order valence-corrected chi connectivity index (χ2v) is 5.41. The molecule has 5 nitrogen and oxygen atoms in total. The minimum Gasteiger partial charge on any atom is -0.267 e. The quantitative estimate of drug-likeness (QED) is 0.820. The summed E-state index contributed by atoms with van der Waals surface area (Å²) >= 11 is 7.12. The number of aryl methyl sites for hydroxylation is 1. The van der Waals surface area contributed by atoms with Gasteiger partial charge in [0.15, 0.2) is 0 Å². The van der Waals surface area contributed by atoms with Crippen LogP contribution < -0.4 is 5.43 Å². The van der Waals surface area contributed by atoms with Crippen molar-refractivity contribution in [2.75, 3.05) is 5.43 Å². The number of nitrogens with zero attached hydrogens (tertiary/aromatic N) is 3. The van der Waals surface area contributed by atoms with Crippen molar-refractivity contribution < 1.29 is 4.79 Å². The van der Waals surface area contributed by atoms with Gasteiger partial charge in [-0.15, -0.1) is 10.2 Å². The van der Waals surface area contributed by atoms with Crippen LogP contribution in [-0.2, 0) is 4.79 Å². The molecular weight excluding hydrogens is 284 g/mol. The van der Waals surface area contributed by atoms with Crippen molar-refractivity contribution in [1.82, 2.24) is 14.9 Å². The summed E-state index contributed by atoms with van der Waals surface area (Å²) in [5, 5.41) is 9.23. The predicted molar refractivity (Wildman–Crippen MR) is 74.4 cm³/mol. The second-order valence-electron chi connectivity index (χ2n) is 3.97. The monoisotopic (exact) mass is 292 g/mol. The summed E-state index contributed by atoms with van der Waals surface area (Å²) in [5.74, 6) is 0.483. The molecule has 0 fully saturated rings. The van der Waals surface area contributed by atoms with Crippen LogP contribution in [0.25, 0.3) is 6.08 Å². The van der Waals surface area contributed by atoms with E-state index in [0.717, 1.165) is 5.56 Å². The van der Waals surface area contributed by atoms with Crippen LogP contribution in [0.1, 0.15) is 11.4 Å². The van der Waals surface area contributed by atoms with Gasteiger partial charge in [-0.3, -0.25) is 10.2 Å². The fourth-order valence-electron chi connectivity index (χ4n) is 1.64. The molecule has 1 aliphatic heterocycles. The molecule has 1 aromatic carbocycles. The highest BCUT2D eigenvalue weighted by Gasteiger charge is 2.24. The van der Waals surface area contributed by atoms with E-state index in [1.807, 2.05) is 12.1 Å². The van der Waals surface area contributed by atoms with E-state index >= 15 is 0 Å². The van der Waals surface area contributed by atoms with Crippen LogP contribution in [0.15, 0.2) is 34.3 Å². The van der Waals surface area contributed by atoms with Crippen LogP contribution >= 0.6 is 23.4 Å². The SMILES string of the molecule is Cc1nnc2n1NC(=O)/C(=C/c1ccc(Cl)cc1)S2. The van der Waals surface area contributed by atoms with Crippen molar-refractivity contribution in [2.45, 2.75) is 12.1 Å². The average molecular weight is 293 g/mol. The maximum atomic E-state index is 12.0. The first-order valence-corrected chi connectivity index (χ1v) is 6.71. The van der Waals surface area contributed by atoms with Gasteiger partial charge in [-0.1, -0.05) is 23.7 Å². The molecule has 0 saturated carbocycles. The Morgan fingerprint density at radius 3 is 2.79 bits per heavy atom. The highest BCUT2D eigenvalue weighted by atomic mass is 35.5. The van der Waals surface area contributed by atoms with Crippen LogP contribution in [0.4, 0.5) is 0 Å². The third-order valence-corrected chi connectivity index (χ3v) is 3.82. The summed E-state index contributed by atoms with van der Waals surface area (Å²) in [6.07, 6.45) is 1.80. The summed E-state index contributed by atoms with van der Waals surface area (Å²) < 4.78 is 1.58. The fraction of sp³-hybridized carbons (Fsp3) is 0.0833. The Balaban J connectivity index is 1.94. The van der Waals surface area contributed by atoms with Gasteiger partial charge in [-0.25, -0.2) is 4.68 Å². The van der Waals surface area contributed by atoms with Crippen LogP contribution in [0.2, 0.25) is 5.02 Å². The third-order valence-electron chi connectivity index (χ3n) is 2.60. The molecule has 0 aliphatic carbocycles. The Morgan fingerprint density at radius 1 is 1.32 bits per heavy atom. The number of rotatable bonds is 1. The van der Waals surface area contributed by atoms with Gasteiger partial charge in [0.1, 0.15) is 5.82 Å². The highest BCUT2D eigenvalue weighted by Crippen LogP contribution is 2.30. The molecule has 0 spiro atoms. The maximum Gasteiger partial charge on any atom is 0.277 e. The molecule has 1 aliphatic rings. The number of carbonyl (C=O) groups is 1. The number of carbonyl (C=O) groups excluding carboxylic acids is 1. The lowest BCUT2D eigenvalue weighted by atomic mass is 10.2. The highest BCUT2D eigenvalue weighted by molar-refractivity contribution is 8.04. The number of fused-ring (bicyclic) bond motifs is 1. The molecule has 3 rings (SSSR count). The summed E-state index contributed by atoms with van der Waals surface area (Å²) in [5.41, 5.74) is 3.64. The fourth-order valence-corrected chi connectivity index (χ4v) is 2.65. The van der Waals surface area contributed by atoms with Crippen molar-refractivity contribution >= 4 is 35.3 Å². The van der Waals surface area contributed by atoms with Gasteiger partial charge < -0.3 is 0 Å². The summed E-state index contributed by atoms with van der Waals surface area (Å²) in [6.45, 7) is 1.78. The molecule has 0 atom stereocenters. The molecular formula is C12H9ClN4OS. The van der Waals surface area contributed by atoms with Crippen molar-refractivity contribution in [3.63, 3.8) is 0 Å². The first kappa shape index (κ1) is 12.3. The number of benzene rings is 1. The van der Waals surface area contributed by atoms with E-state index in [-0.39, 0.29) is 5.91 Å². The second kappa shape index (κ2) is 4.71. The predicted octanol–water partition coefficient (Wildman–Crippen LogP) is 2.46. The smallest absolute Gasteiger partial charge is 0.267 e. The van der Waals surface area contributed by atoms with E-state index < -0.39 is 0 Å². The lowest BCUT2D eigenvalue weighted by Crippen LogP contribution is -2.28. The van der Waals surface area contributed by atoms with E-state index in [9.17, 15) is 4.79 Å². The van der Waals surface area contributed by atoms with Crippen LogP contribution in [-0.4, -0.2) is 20.8 Å². The number of hydrogen-bond acceptors (Lipinski definition) is 4. The van der Waals surface area contributed by atoms with E-state index in [1.165, 1.54) is 11.8 Å². The molecule has 1 N–H and O–H groups in total. The zero-order chi connectivity index (χ0) is 13.4. The summed E-state index contributed by atoms with van der Waals surface area (Å²) in [4.78, 5) is 12.5. The van der Waals surface area contributed by atoms with E-state index in [2.05, 4.69) is 15.6 Å². The van der Waals surface area contributed by atoms with Gasteiger partial charge in [-0.2, -0.15) is 0 Å². The molecule has 1 aromatic heterocycles. The topological polar surface area (TPSA) is 59.8 Å². The molecule has 7 heteroatoms. The van der Waals surface area contributed by atoms with Gasteiger partial charge in [0.05, 0.1) is 4.91 Å². The van der Waals surface area contributed by atoms with Gasteiger partial charge >= 0.3 is 0 Å². The lowest BCUT2D eigenvalue weighted by Gasteiger charge is -2.16. The summed E-state index contributed by atoms with van der Waals surface area (Å²) in [6, 6.07) is 7.28. The standard InChI is InChI=1S/C12H9ClN4OS/c1-7-14-15-12-17(7)16-11(18)10(19-12)6-8-2-4-9(13)5-3-8/h2-6H,1H3,(H,16,18)/b10-6-. The molecule has 0 unspecified atom stereocenters. The largest absolute Gasteiger partial charge is 0.277 e. The molecule has 0 radical (unpaired) electrons. The van der Waals surface area contributed by atoms with E-state index in [0.29, 0.717) is 20.9 Å². The normalized spacial score (nSPS) is 16.3. The number of aromatic nitrogens is 3. The van der Waals surface area contributed by atoms with Crippen LogP contribution in [0.3, 0.4) is 0 Å². The Kier molecular flexibility index (Phi) is 3.04. The first-order chi connectivity index (χ1) is 9.13. The zero-order valence-electron chi connectivity index (χ0n) is 9.92. The molecule has 1 amide bonds. The zero-order valence-corrected chi connectivity index (χ0v) is 11.5. The number of amides is 1. The first-order valence-electron chi connectivity index (χ1n) is 5.52. The molecule has 19 heavy (non-hydrogen) atoms. The van der Waals surface area contributed by atoms with Gasteiger partial charge in [0.2, 0.25) is 5.16 Å². The Morgan fingerprint density at radius 2 is 2.05 bits per heavy atom. The van der Waals surface area contributed by atoms with Crippen LogP contribution in [0.5, 0.6) is 0 Å². The number of halogens is 1. The number of thioether (sulfide) groups is 1. The maximum absolute atomic E-state index is 12.0. The van der Waals surface area contributed by atoms with E-state index in [1.54, 1.807) is 29.8 Å². The lowest BCUT2D eigenvalue weighted by molar-refractivity contribution is -0.113. The van der Waals surface area contributed by atoms with Gasteiger partial charge in [-0.05, 0) is 42.5 Å². The Hall–Kier alpha value is -1.79. The van der Waals surface area contributed by atoms with Crippen LogP contribution in [0, 0.1) is 6.92 Å². The van der Waals surface area contributed by atoms with Gasteiger partial charge in [0, 0.05) is 5.02 Å². The van der Waals surface area contributed by atoms with Crippen molar-refractivity contribution in [3.8, 4) is 0 Å².